The van der Waals surface area contributed by atoms with E-state index in [4.69, 9.17) is 11.6 Å². The van der Waals surface area contributed by atoms with Gasteiger partial charge in [-0.3, -0.25) is 9.59 Å². The van der Waals surface area contributed by atoms with Gasteiger partial charge in [0, 0.05) is 16.7 Å². The maximum Gasteiger partial charge on any atom is 0.307 e. The van der Waals surface area contributed by atoms with Crippen LogP contribution < -0.4 is 5.32 Å². The number of carboxylic acid groups (broad SMARTS) is 1. The fourth-order valence-electron chi connectivity index (χ4n) is 4.87. The van der Waals surface area contributed by atoms with E-state index in [0.717, 1.165) is 44.6 Å². The van der Waals surface area contributed by atoms with Crippen molar-refractivity contribution in [2.24, 2.45) is 0 Å². The number of hydrogen-bond donors (Lipinski definition) is 2. The molecule has 2 heterocycles. The van der Waals surface area contributed by atoms with Gasteiger partial charge in [0.05, 0.1) is 22.8 Å². The molecule has 8 heteroatoms. The summed E-state index contributed by atoms with van der Waals surface area (Å²) in [7, 11) is 0. The van der Waals surface area contributed by atoms with Crippen molar-refractivity contribution in [1.29, 1.82) is 0 Å². The maximum absolute atomic E-state index is 12.9. The molecule has 0 fully saturated rings. The molecule has 0 saturated heterocycles. The molecule has 0 bridgehead atoms. The first-order valence-corrected chi connectivity index (χ1v) is 13.0. The molecule has 0 radical (unpaired) electrons. The summed E-state index contributed by atoms with van der Waals surface area (Å²) >= 11 is 6.67. The van der Waals surface area contributed by atoms with Gasteiger partial charge in [-0.05, 0) is 70.6 Å². The second-order valence-corrected chi connectivity index (χ2v) is 10.0. The Kier molecular flexibility index (Phi) is 6.50. The number of nitrogens with one attached hydrogen (secondary N) is 1. The van der Waals surface area contributed by atoms with Crippen LogP contribution in [0.5, 0.6) is 0 Å². The standard InChI is InChI=1S/C32H23ClN4O3/c1-19-2-3-20(12-24(19)14-31(38)39)13-28-27-15-26(29(33)16-30(27)36-32(28)40)23-6-4-21(5-7-23)22-8-10-25(11-9-22)37-18-34-17-35-37/h2-13,15-18H,14H2,1H3,(H,36,40)(H,38,39)/b28-13-. The molecule has 0 aliphatic carbocycles. The van der Waals surface area contributed by atoms with Crippen LogP contribution in [0.2, 0.25) is 5.02 Å². The van der Waals surface area contributed by atoms with E-state index in [9.17, 15) is 14.7 Å². The molecule has 6 rings (SSSR count). The van der Waals surface area contributed by atoms with E-state index in [1.54, 1.807) is 23.2 Å². The van der Waals surface area contributed by atoms with E-state index in [2.05, 4.69) is 15.4 Å². The van der Waals surface area contributed by atoms with Crippen molar-refractivity contribution < 1.29 is 14.7 Å². The molecule has 1 aromatic heterocycles. The van der Waals surface area contributed by atoms with Gasteiger partial charge in [0.1, 0.15) is 12.7 Å². The summed E-state index contributed by atoms with van der Waals surface area (Å²) in [4.78, 5) is 28.1. The SMILES string of the molecule is Cc1ccc(/C=C2\C(=O)Nc3cc(Cl)c(-c4ccc(-c5ccc(-n6cncn6)cc5)cc4)cc32)cc1CC(=O)O. The molecule has 0 unspecified atom stereocenters. The van der Waals surface area contributed by atoms with Gasteiger partial charge in [-0.25, -0.2) is 9.67 Å². The highest BCUT2D eigenvalue weighted by atomic mass is 35.5. The van der Waals surface area contributed by atoms with E-state index in [1.807, 2.05) is 79.7 Å². The Morgan fingerprint density at radius 2 is 1.65 bits per heavy atom. The molecule has 40 heavy (non-hydrogen) atoms. The van der Waals surface area contributed by atoms with E-state index in [-0.39, 0.29) is 12.3 Å². The summed E-state index contributed by atoms with van der Waals surface area (Å²) in [6.45, 7) is 1.88. The highest BCUT2D eigenvalue weighted by molar-refractivity contribution is 6.38. The third-order valence-corrected chi connectivity index (χ3v) is 7.31. The Morgan fingerprint density at radius 1 is 0.950 bits per heavy atom. The van der Waals surface area contributed by atoms with Crippen LogP contribution in [0.15, 0.2) is 91.5 Å². The molecule has 2 N–H and O–H groups in total. The second-order valence-electron chi connectivity index (χ2n) is 9.61. The van der Waals surface area contributed by atoms with Crippen molar-refractivity contribution in [3.05, 3.63) is 119 Å². The zero-order valence-electron chi connectivity index (χ0n) is 21.4. The average Bonchev–Trinajstić information content (AvgIpc) is 3.58. The van der Waals surface area contributed by atoms with Crippen molar-refractivity contribution in [2.45, 2.75) is 13.3 Å². The number of rotatable bonds is 6. The number of aliphatic carboxylic acids is 1. The van der Waals surface area contributed by atoms with Gasteiger partial charge in [-0.1, -0.05) is 66.2 Å². The number of carbonyl (C=O) groups is 2. The zero-order chi connectivity index (χ0) is 27.8. The van der Waals surface area contributed by atoms with Crippen molar-refractivity contribution in [3.63, 3.8) is 0 Å². The highest BCUT2D eigenvalue weighted by Crippen LogP contribution is 2.41. The zero-order valence-corrected chi connectivity index (χ0v) is 22.2. The normalized spacial score (nSPS) is 13.3. The van der Waals surface area contributed by atoms with Gasteiger partial charge in [0.2, 0.25) is 0 Å². The minimum atomic E-state index is -0.897. The monoisotopic (exact) mass is 546 g/mol. The van der Waals surface area contributed by atoms with Crippen LogP contribution in [0.1, 0.15) is 22.3 Å². The van der Waals surface area contributed by atoms with Crippen LogP contribution in [0.25, 0.3) is 39.6 Å². The largest absolute Gasteiger partial charge is 0.481 e. The van der Waals surface area contributed by atoms with Crippen LogP contribution >= 0.6 is 11.6 Å². The van der Waals surface area contributed by atoms with Gasteiger partial charge in [0.25, 0.3) is 5.91 Å². The van der Waals surface area contributed by atoms with Gasteiger partial charge >= 0.3 is 5.97 Å². The first-order chi connectivity index (χ1) is 19.4. The molecule has 0 atom stereocenters. The van der Waals surface area contributed by atoms with Crippen molar-refractivity contribution >= 4 is 40.8 Å². The Hall–Kier alpha value is -5.01. The van der Waals surface area contributed by atoms with Crippen molar-refractivity contribution in [3.8, 4) is 27.9 Å². The quantitative estimate of drug-likeness (QED) is 0.231. The molecular weight excluding hydrogens is 524 g/mol. The summed E-state index contributed by atoms with van der Waals surface area (Å²) in [5.74, 6) is -1.13. The number of benzene rings is 4. The van der Waals surface area contributed by atoms with Crippen molar-refractivity contribution in [2.75, 3.05) is 5.32 Å². The Bertz CT molecular complexity index is 1790. The third kappa shape index (κ3) is 4.90. The lowest BCUT2D eigenvalue weighted by Crippen LogP contribution is -2.04. The number of amides is 1. The lowest BCUT2D eigenvalue weighted by molar-refractivity contribution is -0.136. The number of carboxylic acids is 1. The summed E-state index contributed by atoms with van der Waals surface area (Å²) in [5.41, 5.74) is 9.05. The first-order valence-electron chi connectivity index (χ1n) is 12.6. The smallest absolute Gasteiger partial charge is 0.307 e. The molecule has 4 aromatic carbocycles. The molecule has 1 aliphatic rings. The summed E-state index contributed by atoms with van der Waals surface area (Å²) in [6.07, 6.45) is 4.87. The van der Waals surface area contributed by atoms with Gasteiger partial charge < -0.3 is 10.4 Å². The van der Waals surface area contributed by atoms with E-state index in [1.165, 1.54) is 6.33 Å². The number of hydrogen-bond acceptors (Lipinski definition) is 4. The molecule has 5 aromatic rings. The number of anilines is 1. The number of carbonyl (C=O) groups excluding carboxylic acids is 1. The summed E-state index contributed by atoms with van der Waals surface area (Å²) < 4.78 is 1.71. The number of fused-ring (bicyclic) bond motifs is 1. The van der Waals surface area contributed by atoms with Crippen LogP contribution in [0.3, 0.4) is 0 Å². The van der Waals surface area contributed by atoms with Gasteiger partial charge in [-0.15, -0.1) is 0 Å². The van der Waals surface area contributed by atoms with Crippen LogP contribution in [0.4, 0.5) is 5.69 Å². The van der Waals surface area contributed by atoms with Crippen LogP contribution in [-0.2, 0) is 16.0 Å². The van der Waals surface area contributed by atoms with E-state index in [0.29, 0.717) is 21.8 Å². The fraction of sp³-hybridized carbons (Fsp3) is 0.0625. The van der Waals surface area contributed by atoms with Crippen LogP contribution in [0, 0.1) is 6.92 Å². The van der Waals surface area contributed by atoms with E-state index >= 15 is 0 Å². The Balaban J connectivity index is 1.31. The second kappa shape index (κ2) is 10.3. The predicted molar refractivity (Wildman–Crippen MR) is 156 cm³/mol. The highest BCUT2D eigenvalue weighted by Gasteiger charge is 2.26. The molecule has 0 spiro atoms. The third-order valence-electron chi connectivity index (χ3n) is 7.00. The molecule has 1 aliphatic heterocycles. The molecule has 196 valence electrons. The van der Waals surface area contributed by atoms with Crippen LogP contribution in [-0.4, -0.2) is 31.7 Å². The number of nitrogens with zero attached hydrogens (tertiary/aromatic N) is 3. The first kappa shape index (κ1) is 25.3. The molecule has 7 nitrogen and oxygen atoms in total. The minimum Gasteiger partial charge on any atom is -0.481 e. The Morgan fingerprint density at radius 3 is 2.33 bits per heavy atom. The maximum atomic E-state index is 12.9. The van der Waals surface area contributed by atoms with Gasteiger partial charge in [0.15, 0.2) is 0 Å². The summed E-state index contributed by atoms with van der Waals surface area (Å²) in [6, 6.07) is 25.4. The Labute approximate surface area is 235 Å². The lowest BCUT2D eigenvalue weighted by atomic mass is 9.95. The lowest BCUT2D eigenvalue weighted by Gasteiger charge is -2.10. The molecular formula is C32H23ClN4O3. The van der Waals surface area contributed by atoms with Crippen molar-refractivity contribution in [1.82, 2.24) is 14.8 Å². The minimum absolute atomic E-state index is 0.0760. The van der Waals surface area contributed by atoms with E-state index < -0.39 is 5.97 Å². The molecule has 1 amide bonds. The van der Waals surface area contributed by atoms with Gasteiger partial charge in [-0.2, -0.15) is 5.10 Å². The topological polar surface area (TPSA) is 97.1 Å². The average molecular weight is 547 g/mol. The molecule has 0 saturated carbocycles. The summed E-state index contributed by atoms with van der Waals surface area (Å²) in [5, 5.41) is 16.8. The number of aryl methyl sites for hydroxylation is 1. The number of halogens is 1. The number of aromatic nitrogens is 3. The fourth-order valence-corrected chi connectivity index (χ4v) is 5.14. The predicted octanol–water partition coefficient (Wildman–Crippen LogP) is 6.68.